The number of nitrogens with zero attached hydrogens (tertiary/aromatic N) is 1. The number of amides is 2. The van der Waals surface area contributed by atoms with E-state index in [0.29, 0.717) is 42.4 Å². The number of benzene rings is 2. The average molecular weight is 375 g/mol. The lowest BCUT2D eigenvalue weighted by Gasteiger charge is -2.32. The zero-order chi connectivity index (χ0) is 18.5. The Labute approximate surface area is 156 Å². The molecule has 6 nitrogen and oxygen atoms in total. The number of nitrogens with one attached hydrogen (secondary N) is 1. The predicted octanol–water partition coefficient (Wildman–Crippen LogP) is 4.11. The molecule has 136 valence electrons. The van der Waals surface area contributed by atoms with E-state index in [1.807, 2.05) is 18.2 Å². The number of carbonyl (C=O) groups is 2. The number of aromatic carboxylic acids is 1. The summed E-state index contributed by atoms with van der Waals surface area (Å²) in [5, 5.41) is 12.3. The molecule has 3 rings (SSSR count). The van der Waals surface area contributed by atoms with Gasteiger partial charge in [-0.1, -0.05) is 29.8 Å². The highest BCUT2D eigenvalue weighted by Crippen LogP contribution is 2.27. The van der Waals surface area contributed by atoms with Gasteiger partial charge in [0.2, 0.25) is 0 Å². The molecule has 2 N–H and O–H groups in total. The molecule has 0 atom stereocenters. The molecule has 0 saturated carbocycles. The maximum absolute atomic E-state index is 12.4. The van der Waals surface area contributed by atoms with Crippen molar-refractivity contribution in [2.24, 2.45) is 0 Å². The van der Waals surface area contributed by atoms with Crippen molar-refractivity contribution in [1.29, 1.82) is 0 Å². The van der Waals surface area contributed by atoms with Crippen LogP contribution in [0.3, 0.4) is 0 Å². The van der Waals surface area contributed by atoms with Crippen LogP contribution in [0.25, 0.3) is 0 Å². The second kappa shape index (κ2) is 8.10. The number of carbonyl (C=O) groups excluding carboxylic acids is 1. The fraction of sp³-hybridized carbons (Fsp3) is 0.263. The van der Waals surface area contributed by atoms with Gasteiger partial charge in [0.05, 0.1) is 10.6 Å². The standard InChI is InChI=1S/C19H19ClN2O4/c20-16-6-1-2-7-17(16)26-15-8-10-22(11-9-15)19(25)21-14-5-3-4-13(12-14)18(23)24/h1-7,12,15H,8-11H2,(H,21,25)(H,23,24). The minimum Gasteiger partial charge on any atom is -0.489 e. The summed E-state index contributed by atoms with van der Waals surface area (Å²) in [7, 11) is 0. The molecule has 2 amide bonds. The van der Waals surface area contributed by atoms with E-state index in [4.69, 9.17) is 21.4 Å². The highest BCUT2D eigenvalue weighted by atomic mass is 35.5. The molecule has 0 unspecified atom stereocenters. The van der Waals surface area contributed by atoms with Gasteiger partial charge in [-0.2, -0.15) is 0 Å². The second-order valence-electron chi connectivity index (χ2n) is 6.05. The van der Waals surface area contributed by atoms with Gasteiger partial charge in [0.25, 0.3) is 0 Å². The number of carboxylic acid groups (broad SMARTS) is 1. The Kier molecular flexibility index (Phi) is 5.63. The molecule has 0 radical (unpaired) electrons. The summed E-state index contributed by atoms with van der Waals surface area (Å²) in [6.07, 6.45) is 1.41. The first-order chi connectivity index (χ1) is 12.5. The minimum absolute atomic E-state index is 0.00860. The lowest BCUT2D eigenvalue weighted by atomic mass is 10.1. The van der Waals surface area contributed by atoms with Crippen LogP contribution >= 0.6 is 11.6 Å². The SMILES string of the molecule is O=C(O)c1cccc(NC(=O)N2CCC(Oc3ccccc3Cl)CC2)c1. The van der Waals surface area contributed by atoms with Gasteiger partial charge < -0.3 is 20.1 Å². The first kappa shape index (κ1) is 18.1. The molecule has 0 aliphatic carbocycles. The lowest BCUT2D eigenvalue weighted by molar-refractivity contribution is 0.0696. The van der Waals surface area contributed by atoms with Gasteiger partial charge in [0.1, 0.15) is 11.9 Å². The van der Waals surface area contributed by atoms with Gasteiger partial charge in [-0.15, -0.1) is 0 Å². The molecular formula is C19H19ClN2O4. The van der Waals surface area contributed by atoms with Crippen LogP contribution in [0.15, 0.2) is 48.5 Å². The number of rotatable bonds is 4. The maximum Gasteiger partial charge on any atom is 0.335 e. The molecule has 1 saturated heterocycles. The summed E-state index contributed by atoms with van der Waals surface area (Å²) in [5.74, 6) is -0.374. The number of para-hydroxylation sites is 1. The topological polar surface area (TPSA) is 78.9 Å². The number of anilines is 1. The number of likely N-dealkylation sites (tertiary alicyclic amines) is 1. The number of carboxylic acids is 1. The Bertz CT molecular complexity index is 804. The van der Waals surface area contributed by atoms with Crippen molar-refractivity contribution in [2.45, 2.75) is 18.9 Å². The molecule has 2 aromatic carbocycles. The molecule has 1 aliphatic heterocycles. The maximum atomic E-state index is 12.4. The Morgan fingerprint density at radius 3 is 2.54 bits per heavy atom. The summed E-state index contributed by atoms with van der Waals surface area (Å²) in [5.41, 5.74) is 0.596. The van der Waals surface area contributed by atoms with E-state index in [-0.39, 0.29) is 17.7 Å². The number of hydrogen-bond acceptors (Lipinski definition) is 3. The van der Waals surface area contributed by atoms with Crippen molar-refractivity contribution in [3.63, 3.8) is 0 Å². The van der Waals surface area contributed by atoms with E-state index in [0.717, 1.165) is 0 Å². The summed E-state index contributed by atoms with van der Waals surface area (Å²) in [6, 6.07) is 13.3. The lowest BCUT2D eigenvalue weighted by Crippen LogP contribution is -2.43. The molecule has 7 heteroatoms. The van der Waals surface area contributed by atoms with Gasteiger partial charge in [-0.05, 0) is 30.3 Å². The molecule has 1 heterocycles. The predicted molar refractivity (Wildman–Crippen MR) is 99.1 cm³/mol. The first-order valence-electron chi connectivity index (χ1n) is 8.33. The molecule has 1 fully saturated rings. The van der Waals surface area contributed by atoms with E-state index < -0.39 is 5.97 Å². The molecule has 0 aromatic heterocycles. The smallest absolute Gasteiger partial charge is 0.335 e. The highest BCUT2D eigenvalue weighted by molar-refractivity contribution is 6.32. The Morgan fingerprint density at radius 2 is 1.85 bits per heavy atom. The van der Waals surface area contributed by atoms with Gasteiger partial charge in [0, 0.05) is 31.6 Å². The van der Waals surface area contributed by atoms with Crippen molar-refractivity contribution in [3.05, 3.63) is 59.1 Å². The number of hydrogen-bond donors (Lipinski definition) is 2. The normalized spacial score (nSPS) is 14.7. The summed E-state index contributed by atoms with van der Waals surface area (Å²) >= 11 is 6.11. The fourth-order valence-electron chi connectivity index (χ4n) is 2.83. The molecule has 26 heavy (non-hydrogen) atoms. The van der Waals surface area contributed by atoms with Crippen molar-refractivity contribution >= 4 is 29.3 Å². The van der Waals surface area contributed by atoms with Crippen LogP contribution in [-0.4, -0.2) is 41.2 Å². The highest BCUT2D eigenvalue weighted by Gasteiger charge is 2.24. The summed E-state index contributed by atoms with van der Waals surface area (Å²) in [6.45, 7) is 1.11. The minimum atomic E-state index is -1.03. The monoisotopic (exact) mass is 374 g/mol. The van der Waals surface area contributed by atoms with Crippen molar-refractivity contribution < 1.29 is 19.4 Å². The number of urea groups is 1. The third kappa shape index (κ3) is 4.46. The number of halogens is 1. The number of ether oxygens (including phenoxy) is 1. The van der Waals surface area contributed by atoms with Crippen LogP contribution in [0.2, 0.25) is 5.02 Å². The van der Waals surface area contributed by atoms with Gasteiger partial charge in [-0.25, -0.2) is 9.59 Å². The van der Waals surface area contributed by atoms with E-state index in [9.17, 15) is 9.59 Å². The third-order valence-corrected chi connectivity index (χ3v) is 4.53. The van der Waals surface area contributed by atoms with E-state index >= 15 is 0 Å². The van der Waals surface area contributed by atoms with E-state index in [1.165, 1.54) is 12.1 Å². The summed E-state index contributed by atoms with van der Waals surface area (Å²) in [4.78, 5) is 25.1. The first-order valence-corrected chi connectivity index (χ1v) is 8.71. The second-order valence-corrected chi connectivity index (χ2v) is 6.46. The van der Waals surface area contributed by atoms with Gasteiger partial charge >= 0.3 is 12.0 Å². The van der Waals surface area contributed by atoms with Gasteiger partial charge in [0.15, 0.2) is 0 Å². The fourth-order valence-corrected chi connectivity index (χ4v) is 3.01. The molecule has 0 bridgehead atoms. The van der Waals surface area contributed by atoms with E-state index in [1.54, 1.807) is 23.1 Å². The van der Waals surface area contributed by atoms with Crippen molar-refractivity contribution in [3.8, 4) is 5.75 Å². The zero-order valence-corrected chi connectivity index (χ0v) is 14.8. The van der Waals surface area contributed by atoms with Crippen LogP contribution in [0, 0.1) is 0 Å². The van der Waals surface area contributed by atoms with Crippen LogP contribution in [0.1, 0.15) is 23.2 Å². The summed E-state index contributed by atoms with van der Waals surface area (Å²) < 4.78 is 5.92. The molecule has 1 aliphatic rings. The van der Waals surface area contributed by atoms with Gasteiger partial charge in [-0.3, -0.25) is 0 Å². The van der Waals surface area contributed by atoms with Crippen LogP contribution in [0.4, 0.5) is 10.5 Å². The quantitative estimate of drug-likeness (QED) is 0.843. The molecule has 2 aromatic rings. The van der Waals surface area contributed by atoms with Crippen LogP contribution < -0.4 is 10.1 Å². The Balaban J connectivity index is 1.53. The van der Waals surface area contributed by atoms with Crippen molar-refractivity contribution in [2.75, 3.05) is 18.4 Å². The average Bonchev–Trinajstić information content (AvgIpc) is 2.64. The zero-order valence-electron chi connectivity index (χ0n) is 14.0. The van der Waals surface area contributed by atoms with Crippen molar-refractivity contribution in [1.82, 2.24) is 4.90 Å². The Morgan fingerprint density at radius 1 is 1.12 bits per heavy atom. The Hall–Kier alpha value is -2.73. The third-order valence-electron chi connectivity index (χ3n) is 4.22. The van der Waals surface area contributed by atoms with Crippen LogP contribution in [0.5, 0.6) is 5.75 Å². The number of piperidine rings is 1. The van der Waals surface area contributed by atoms with Crippen LogP contribution in [-0.2, 0) is 0 Å². The molecular weight excluding hydrogens is 356 g/mol. The molecule has 0 spiro atoms. The largest absolute Gasteiger partial charge is 0.489 e. The van der Waals surface area contributed by atoms with E-state index in [2.05, 4.69) is 5.32 Å².